The number of aliphatic hydroxyl groups excluding tert-OH is 2. The lowest BCUT2D eigenvalue weighted by Gasteiger charge is -2.20. The fraction of sp³-hybridized carbons (Fsp3) is 0.625. The summed E-state index contributed by atoms with van der Waals surface area (Å²) in [6, 6.07) is 8.01. The van der Waals surface area contributed by atoms with Crippen LogP contribution in [0.5, 0.6) is 0 Å². The van der Waals surface area contributed by atoms with E-state index in [1.165, 1.54) is 12.0 Å². The quantitative estimate of drug-likeness (QED) is 0.787. The predicted octanol–water partition coefficient (Wildman–Crippen LogP) is 2.55. The van der Waals surface area contributed by atoms with Gasteiger partial charge in [-0.3, -0.25) is 0 Å². The van der Waals surface area contributed by atoms with Gasteiger partial charge in [0.15, 0.2) is 0 Å². The van der Waals surface area contributed by atoms with Crippen LogP contribution in [0.25, 0.3) is 0 Å². The number of rotatable bonds is 3. The van der Waals surface area contributed by atoms with Crippen molar-refractivity contribution >= 4 is 0 Å². The summed E-state index contributed by atoms with van der Waals surface area (Å²) in [5.74, 6) is 0.449. The van der Waals surface area contributed by atoms with Gasteiger partial charge in [-0.2, -0.15) is 0 Å². The second-order valence-electron chi connectivity index (χ2n) is 5.57. The van der Waals surface area contributed by atoms with E-state index < -0.39 is 0 Å². The van der Waals surface area contributed by atoms with Crippen molar-refractivity contribution in [2.45, 2.75) is 57.6 Å². The number of hydrogen-bond acceptors (Lipinski definition) is 3. The molecule has 0 radical (unpaired) electrons. The third-order valence-electron chi connectivity index (χ3n) is 3.59. The summed E-state index contributed by atoms with van der Waals surface area (Å²) < 4.78 is 0. The molecule has 3 nitrogen and oxygen atoms in total. The Bertz CT molecular complexity index is 364. The van der Waals surface area contributed by atoms with Crippen LogP contribution in [-0.2, 0) is 6.61 Å². The van der Waals surface area contributed by atoms with Crippen LogP contribution >= 0.6 is 0 Å². The fourth-order valence-corrected chi connectivity index (χ4v) is 2.48. The third-order valence-corrected chi connectivity index (χ3v) is 3.59. The van der Waals surface area contributed by atoms with Gasteiger partial charge >= 0.3 is 0 Å². The molecule has 2 atom stereocenters. The second kappa shape index (κ2) is 7.63. The summed E-state index contributed by atoms with van der Waals surface area (Å²) in [7, 11) is 0. The lowest BCUT2D eigenvalue weighted by Crippen LogP contribution is -2.40. The van der Waals surface area contributed by atoms with E-state index in [4.69, 9.17) is 10.8 Å². The first-order valence-corrected chi connectivity index (χ1v) is 7.18. The summed E-state index contributed by atoms with van der Waals surface area (Å²) in [6.07, 6.45) is 4.02. The summed E-state index contributed by atoms with van der Waals surface area (Å²) >= 11 is 0. The van der Waals surface area contributed by atoms with E-state index in [0.29, 0.717) is 5.92 Å². The molecule has 1 aromatic carbocycles. The average molecular weight is 265 g/mol. The minimum atomic E-state index is -0.389. The van der Waals surface area contributed by atoms with Gasteiger partial charge in [0.05, 0.1) is 13.2 Å². The van der Waals surface area contributed by atoms with E-state index in [1.54, 1.807) is 0 Å². The molecule has 108 valence electrons. The molecule has 19 heavy (non-hydrogen) atoms. The zero-order chi connectivity index (χ0) is 14.3. The van der Waals surface area contributed by atoms with Crippen LogP contribution in [0.15, 0.2) is 24.3 Å². The number of aliphatic hydroxyl groups is 2. The highest BCUT2D eigenvalue weighted by Gasteiger charge is 2.35. The Morgan fingerprint density at radius 1 is 1.21 bits per heavy atom. The lowest BCUT2D eigenvalue weighted by molar-refractivity contribution is 0.198. The van der Waals surface area contributed by atoms with Gasteiger partial charge in [0, 0.05) is 5.54 Å². The molecule has 2 unspecified atom stereocenters. The molecule has 1 aromatic rings. The van der Waals surface area contributed by atoms with Crippen molar-refractivity contribution in [2.75, 3.05) is 6.61 Å². The molecule has 0 spiro atoms. The molecule has 0 aromatic heterocycles. The van der Waals surface area contributed by atoms with Crippen molar-refractivity contribution < 1.29 is 10.2 Å². The van der Waals surface area contributed by atoms with E-state index >= 15 is 0 Å². The minimum absolute atomic E-state index is 0.0677. The second-order valence-corrected chi connectivity index (χ2v) is 5.57. The van der Waals surface area contributed by atoms with Crippen LogP contribution in [0.2, 0.25) is 0 Å². The largest absolute Gasteiger partial charge is 0.394 e. The van der Waals surface area contributed by atoms with Crippen LogP contribution in [0.4, 0.5) is 0 Å². The molecule has 3 heteroatoms. The van der Waals surface area contributed by atoms with Gasteiger partial charge in [-0.05, 0) is 36.3 Å². The topological polar surface area (TPSA) is 66.5 Å². The standard InChI is InChI=1S/C13H19NO2.C3H8/c14-13(9-16)6-5-12(7-13)11-3-1-10(8-15)2-4-11;1-3-2/h1-4,12,15-16H,5-9,14H2;3H2,1-2H3. The Morgan fingerprint density at radius 2 is 1.79 bits per heavy atom. The van der Waals surface area contributed by atoms with Gasteiger partial charge in [-0.25, -0.2) is 0 Å². The van der Waals surface area contributed by atoms with Gasteiger partial charge in [0.1, 0.15) is 0 Å². The fourth-order valence-electron chi connectivity index (χ4n) is 2.48. The highest BCUT2D eigenvalue weighted by molar-refractivity contribution is 5.26. The lowest BCUT2D eigenvalue weighted by atomic mass is 9.93. The molecule has 0 aliphatic heterocycles. The van der Waals surface area contributed by atoms with Crippen molar-refractivity contribution in [3.8, 4) is 0 Å². The van der Waals surface area contributed by atoms with Crippen molar-refractivity contribution in [3.05, 3.63) is 35.4 Å². The Kier molecular flexibility index (Phi) is 6.49. The first kappa shape index (κ1) is 16.2. The minimum Gasteiger partial charge on any atom is -0.394 e. The van der Waals surface area contributed by atoms with Crippen LogP contribution in [0, 0.1) is 0 Å². The van der Waals surface area contributed by atoms with Gasteiger partial charge < -0.3 is 15.9 Å². The summed E-state index contributed by atoms with van der Waals surface area (Å²) in [5.41, 5.74) is 7.86. The Labute approximate surface area is 116 Å². The molecular formula is C16H27NO2. The van der Waals surface area contributed by atoms with Gasteiger partial charge in [0.25, 0.3) is 0 Å². The maximum atomic E-state index is 9.21. The van der Waals surface area contributed by atoms with Crippen molar-refractivity contribution in [1.82, 2.24) is 0 Å². The zero-order valence-corrected chi connectivity index (χ0v) is 12.1. The molecule has 1 saturated carbocycles. The molecule has 1 aliphatic carbocycles. The Hall–Kier alpha value is -0.900. The molecule has 0 amide bonds. The highest BCUT2D eigenvalue weighted by atomic mass is 16.3. The first-order chi connectivity index (χ1) is 9.08. The first-order valence-electron chi connectivity index (χ1n) is 7.18. The molecule has 1 fully saturated rings. The van der Waals surface area contributed by atoms with E-state index in [-0.39, 0.29) is 18.8 Å². The molecule has 0 saturated heterocycles. The van der Waals surface area contributed by atoms with Gasteiger partial charge in [0.2, 0.25) is 0 Å². The molecule has 1 aliphatic rings. The monoisotopic (exact) mass is 265 g/mol. The number of hydrogen-bond donors (Lipinski definition) is 3. The molecule has 0 bridgehead atoms. The van der Waals surface area contributed by atoms with Crippen LogP contribution < -0.4 is 5.73 Å². The third kappa shape index (κ3) is 4.60. The Balaban J connectivity index is 0.000000550. The highest BCUT2D eigenvalue weighted by Crippen LogP contribution is 2.39. The van der Waals surface area contributed by atoms with E-state index in [1.807, 2.05) is 12.1 Å². The van der Waals surface area contributed by atoms with Crippen molar-refractivity contribution in [3.63, 3.8) is 0 Å². The SMILES string of the molecule is CCC.NC1(CO)CCC(c2ccc(CO)cc2)C1. The van der Waals surface area contributed by atoms with E-state index in [2.05, 4.69) is 26.0 Å². The predicted molar refractivity (Wildman–Crippen MR) is 78.9 cm³/mol. The normalized spacial score (nSPS) is 25.8. The summed E-state index contributed by atoms with van der Waals surface area (Å²) in [6.45, 7) is 4.40. The molecule has 2 rings (SSSR count). The van der Waals surface area contributed by atoms with E-state index in [9.17, 15) is 5.11 Å². The average Bonchev–Trinajstić information content (AvgIpc) is 2.83. The molecule has 0 heterocycles. The maximum Gasteiger partial charge on any atom is 0.0681 e. The van der Waals surface area contributed by atoms with Gasteiger partial charge in [-0.15, -0.1) is 0 Å². The smallest absolute Gasteiger partial charge is 0.0681 e. The van der Waals surface area contributed by atoms with Crippen LogP contribution in [0.3, 0.4) is 0 Å². The molecule has 4 N–H and O–H groups in total. The van der Waals surface area contributed by atoms with Crippen molar-refractivity contribution in [2.24, 2.45) is 5.73 Å². The summed E-state index contributed by atoms with van der Waals surface area (Å²) in [5, 5.41) is 18.2. The molecular weight excluding hydrogens is 238 g/mol. The Morgan fingerprint density at radius 3 is 2.21 bits per heavy atom. The summed E-state index contributed by atoms with van der Waals surface area (Å²) in [4.78, 5) is 0. The van der Waals surface area contributed by atoms with Crippen LogP contribution in [0.1, 0.15) is 56.6 Å². The zero-order valence-electron chi connectivity index (χ0n) is 12.1. The van der Waals surface area contributed by atoms with Crippen molar-refractivity contribution in [1.29, 1.82) is 0 Å². The maximum absolute atomic E-state index is 9.21. The van der Waals surface area contributed by atoms with E-state index in [0.717, 1.165) is 24.8 Å². The van der Waals surface area contributed by atoms with Crippen LogP contribution in [-0.4, -0.2) is 22.4 Å². The number of benzene rings is 1. The van der Waals surface area contributed by atoms with Gasteiger partial charge in [-0.1, -0.05) is 44.5 Å². The number of nitrogens with two attached hydrogens (primary N) is 1.